The zero-order chi connectivity index (χ0) is 9.74. The topological polar surface area (TPSA) is 34.1 Å². The fraction of sp³-hybridized carbons (Fsp3) is 1.00. The highest BCUT2D eigenvalue weighted by atomic mass is 32.2. The molecule has 2 fully saturated rings. The van der Waals surface area contributed by atoms with Gasteiger partial charge in [-0.1, -0.05) is 13.8 Å². The molecule has 0 aromatic rings. The van der Waals surface area contributed by atoms with Crippen LogP contribution in [0.25, 0.3) is 0 Å². The van der Waals surface area contributed by atoms with Crippen LogP contribution < -0.4 is 0 Å². The lowest BCUT2D eigenvalue weighted by molar-refractivity contribution is -0.0210. The molecule has 1 aliphatic carbocycles. The van der Waals surface area contributed by atoms with Gasteiger partial charge in [-0.15, -0.1) is 0 Å². The molecule has 1 saturated carbocycles. The van der Waals surface area contributed by atoms with Crippen molar-refractivity contribution in [2.75, 3.05) is 11.5 Å². The monoisotopic (exact) mass is 202 g/mol. The molecule has 76 valence electrons. The summed E-state index contributed by atoms with van der Waals surface area (Å²) in [6.07, 6.45) is 4.29. The van der Waals surface area contributed by atoms with Crippen LogP contribution in [-0.4, -0.2) is 19.9 Å². The molecule has 3 heteroatoms. The molecule has 0 aromatic carbocycles. The fourth-order valence-corrected chi connectivity index (χ4v) is 5.00. The van der Waals surface area contributed by atoms with Crippen LogP contribution in [0.15, 0.2) is 0 Å². The van der Waals surface area contributed by atoms with Crippen LogP contribution in [0.4, 0.5) is 0 Å². The van der Waals surface area contributed by atoms with Gasteiger partial charge in [0.25, 0.3) is 0 Å². The summed E-state index contributed by atoms with van der Waals surface area (Å²) in [4.78, 5) is 0. The predicted octanol–water partition coefficient (Wildman–Crippen LogP) is 2.00. The molecule has 0 aromatic heterocycles. The summed E-state index contributed by atoms with van der Waals surface area (Å²) < 4.78 is 22.5. The van der Waals surface area contributed by atoms with E-state index in [9.17, 15) is 8.42 Å². The maximum absolute atomic E-state index is 11.2. The zero-order valence-electron chi connectivity index (χ0n) is 8.47. The fourth-order valence-electron chi connectivity index (χ4n) is 3.30. The Balaban J connectivity index is 2.01. The van der Waals surface area contributed by atoms with Gasteiger partial charge in [0, 0.05) is 0 Å². The number of hydrogen-bond donors (Lipinski definition) is 0. The summed E-state index contributed by atoms with van der Waals surface area (Å²) in [6.45, 7) is 4.56. The molecule has 0 amide bonds. The van der Waals surface area contributed by atoms with Crippen LogP contribution in [0.2, 0.25) is 0 Å². The predicted molar refractivity (Wildman–Crippen MR) is 53.3 cm³/mol. The Morgan fingerprint density at radius 2 is 1.46 bits per heavy atom. The van der Waals surface area contributed by atoms with E-state index in [1.807, 2.05) is 0 Å². The van der Waals surface area contributed by atoms with Crippen molar-refractivity contribution in [3.63, 3.8) is 0 Å². The lowest BCUT2D eigenvalue weighted by Gasteiger charge is -2.55. The number of hydrogen-bond acceptors (Lipinski definition) is 2. The minimum absolute atomic E-state index is 0.412. The van der Waals surface area contributed by atoms with Crippen molar-refractivity contribution in [1.82, 2.24) is 0 Å². The molecule has 2 nitrogen and oxygen atoms in total. The third-order valence-corrected chi connectivity index (χ3v) is 5.25. The first-order valence-electron chi connectivity index (χ1n) is 5.03. The lowest BCUT2D eigenvalue weighted by Crippen LogP contribution is -2.47. The van der Waals surface area contributed by atoms with E-state index in [1.165, 1.54) is 12.8 Å². The molecule has 0 unspecified atom stereocenters. The quantitative estimate of drug-likeness (QED) is 0.602. The van der Waals surface area contributed by atoms with E-state index in [0.717, 1.165) is 12.8 Å². The van der Waals surface area contributed by atoms with Crippen molar-refractivity contribution >= 4 is 9.84 Å². The largest absolute Gasteiger partial charge is 0.229 e. The summed E-state index contributed by atoms with van der Waals surface area (Å²) in [5.41, 5.74) is 0.885. The molecular formula is C10H18O2S. The van der Waals surface area contributed by atoms with Crippen molar-refractivity contribution in [2.45, 2.75) is 39.5 Å². The van der Waals surface area contributed by atoms with E-state index in [1.54, 1.807) is 0 Å². The van der Waals surface area contributed by atoms with Crippen molar-refractivity contribution in [1.29, 1.82) is 0 Å². The van der Waals surface area contributed by atoms with Gasteiger partial charge in [0.05, 0.1) is 11.5 Å². The summed E-state index contributed by atoms with van der Waals surface area (Å²) in [6, 6.07) is 0. The average molecular weight is 202 g/mol. The second kappa shape index (κ2) is 2.50. The van der Waals surface area contributed by atoms with E-state index >= 15 is 0 Å². The van der Waals surface area contributed by atoms with Gasteiger partial charge < -0.3 is 0 Å². The summed E-state index contributed by atoms with van der Waals surface area (Å²) in [5.74, 6) is 0.867. The third-order valence-electron chi connectivity index (χ3n) is 3.59. The normalized spacial score (nSPS) is 34.0. The smallest absolute Gasteiger partial charge is 0.150 e. The molecule has 2 rings (SSSR count). The first-order valence-corrected chi connectivity index (χ1v) is 6.85. The molecule has 1 spiro atoms. The summed E-state index contributed by atoms with van der Waals surface area (Å²) >= 11 is 0. The molecule has 0 bridgehead atoms. The molecule has 13 heavy (non-hydrogen) atoms. The van der Waals surface area contributed by atoms with Crippen LogP contribution >= 0.6 is 0 Å². The molecule has 0 N–H and O–H groups in total. The van der Waals surface area contributed by atoms with Gasteiger partial charge in [-0.25, -0.2) is 8.42 Å². The first kappa shape index (κ1) is 9.50. The second-order valence-electron chi connectivity index (χ2n) is 5.67. The van der Waals surface area contributed by atoms with E-state index in [4.69, 9.17) is 0 Å². The highest BCUT2D eigenvalue weighted by Crippen LogP contribution is 2.59. The summed E-state index contributed by atoms with van der Waals surface area (Å²) in [7, 11) is -2.67. The van der Waals surface area contributed by atoms with Gasteiger partial charge in [-0.05, 0) is 36.5 Å². The van der Waals surface area contributed by atoms with Crippen LogP contribution in [0.1, 0.15) is 39.5 Å². The molecule has 0 atom stereocenters. The maximum Gasteiger partial charge on any atom is 0.150 e. The zero-order valence-corrected chi connectivity index (χ0v) is 9.28. The first-order chi connectivity index (χ1) is 5.83. The average Bonchev–Trinajstić information content (AvgIpc) is 1.92. The minimum Gasteiger partial charge on any atom is -0.229 e. The Labute approximate surface area is 80.6 Å². The van der Waals surface area contributed by atoms with Gasteiger partial charge in [0.15, 0.2) is 0 Å². The molecule has 0 radical (unpaired) electrons. The van der Waals surface area contributed by atoms with Gasteiger partial charge in [-0.3, -0.25) is 0 Å². The second-order valence-corrected chi connectivity index (χ2v) is 7.97. The molecule has 1 saturated heterocycles. The Hall–Kier alpha value is -0.0500. The Morgan fingerprint density at radius 3 is 1.85 bits per heavy atom. The van der Waals surface area contributed by atoms with Crippen molar-refractivity contribution in [3.8, 4) is 0 Å². The van der Waals surface area contributed by atoms with Crippen molar-refractivity contribution in [2.24, 2.45) is 10.8 Å². The maximum atomic E-state index is 11.2. The highest BCUT2D eigenvalue weighted by molar-refractivity contribution is 7.91. The molecule has 1 aliphatic heterocycles. The van der Waals surface area contributed by atoms with Gasteiger partial charge in [0.1, 0.15) is 9.84 Å². The lowest BCUT2D eigenvalue weighted by atomic mass is 9.52. The van der Waals surface area contributed by atoms with Gasteiger partial charge >= 0.3 is 0 Å². The Bertz CT molecular complexity index is 290. The third kappa shape index (κ3) is 1.76. The van der Waals surface area contributed by atoms with Crippen LogP contribution in [-0.2, 0) is 9.84 Å². The van der Waals surface area contributed by atoms with Gasteiger partial charge in [-0.2, -0.15) is 0 Å². The number of sulfone groups is 1. The summed E-state index contributed by atoms with van der Waals surface area (Å²) in [5, 5.41) is 0. The Morgan fingerprint density at radius 1 is 1.00 bits per heavy atom. The minimum atomic E-state index is -2.67. The van der Waals surface area contributed by atoms with Gasteiger partial charge in [0.2, 0.25) is 0 Å². The number of rotatable bonds is 0. The standard InChI is InChI=1S/C10H18O2S/c1-9(2)7-10(8-9)3-5-13(11,12)6-4-10/h3-8H2,1-2H3. The van der Waals surface area contributed by atoms with Crippen LogP contribution in [0.5, 0.6) is 0 Å². The highest BCUT2D eigenvalue weighted by Gasteiger charge is 2.50. The van der Waals surface area contributed by atoms with Crippen LogP contribution in [0, 0.1) is 10.8 Å². The van der Waals surface area contributed by atoms with Crippen LogP contribution in [0.3, 0.4) is 0 Å². The van der Waals surface area contributed by atoms with E-state index < -0.39 is 9.84 Å². The van der Waals surface area contributed by atoms with E-state index in [2.05, 4.69) is 13.8 Å². The van der Waals surface area contributed by atoms with Crippen molar-refractivity contribution < 1.29 is 8.42 Å². The molecule has 1 heterocycles. The van der Waals surface area contributed by atoms with E-state index in [-0.39, 0.29) is 0 Å². The molecule has 2 aliphatic rings. The van der Waals surface area contributed by atoms with Crippen molar-refractivity contribution in [3.05, 3.63) is 0 Å². The SMILES string of the molecule is CC1(C)CC2(CCS(=O)(=O)CC2)C1. The molecular weight excluding hydrogens is 184 g/mol. The van der Waals surface area contributed by atoms with E-state index in [0.29, 0.717) is 22.3 Å². The Kier molecular flexibility index (Phi) is 1.83.